The maximum Gasteiger partial charge on any atom is 0.0532 e. The SMILES string of the molecule is NC1c2ccccc2C(Br)=CC1Br. The molecule has 0 heterocycles. The highest BCUT2D eigenvalue weighted by atomic mass is 79.9. The minimum atomic E-state index is 0.0532. The highest BCUT2D eigenvalue weighted by molar-refractivity contribution is 9.15. The molecule has 0 fully saturated rings. The summed E-state index contributed by atoms with van der Waals surface area (Å²) in [6.07, 6.45) is 2.09. The summed E-state index contributed by atoms with van der Waals surface area (Å²) < 4.78 is 1.12. The lowest BCUT2D eigenvalue weighted by Gasteiger charge is -2.24. The zero-order valence-corrected chi connectivity index (χ0v) is 10.0. The smallest absolute Gasteiger partial charge is 0.0532 e. The van der Waals surface area contributed by atoms with Crippen molar-refractivity contribution in [2.75, 3.05) is 0 Å². The molecule has 0 aliphatic heterocycles. The lowest BCUT2D eigenvalue weighted by Crippen LogP contribution is -2.23. The molecule has 3 heteroatoms. The van der Waals surface area contributed by atoms with Crippen molar-refractivity contribution in [3.8, 4) is 0 Å². The largest absolute Gasteiger partial charge is 0.323 e. The molecule has 2 atom stereocenters. The molecular formula is C10H9Br2N. The van der Waals surface area contributed by atoms with Gasteiger partial charge in [-0.15, -0.1) is 0 Å². The van der Waals surface area contributed by atoms with Gasteiger partial charge in [-0.25, -0.2) is 0 Å². The first-order valence-corrected chi connectivity index (χ1v) is 5.77. The zero-order chi connectivity index (χ0) is 9.42. The Labute approximate surface area is 94.3 Å². The number of alkyl halides is 1. The summed E-state index contributed by atoms with van der Waals surface area (Å²) in [5.41, 5.74) is 8.43. The van der Waals surface area contributed by atoms with Crippen molar-refractivity contribution in [3.05, 3.63) is 41.5 Å². The summed E-state index contributed by atoms with van der Waals surface area (Å²) in [5.74, 6) is 0. The quantitative estimate of drug-likeness (QED) is 0.732. The summed E-state index contributed by atoms with van der Waals surface area (Å²) in [4.78, 5) is 0.219. The molecule has 0 spiro atoms. The van der Waals surface area contributed by atoms with E-state index in [0.717, 1.165) is 4.48 Å². The van der Waals surface area contributed by atoms with E-state index in [1.165, 1.54) is 11.1 Å². The first-order chi connectivity index (χ1) is 6.20. The third kappa shape index (κ3) is 1.60. The highest BCUT2D eigenvalue weighted by Crippen LogP contribution is 2.37. The summed E-state index contributed by atoms with van der Waals surface area (Å²) in [6.45, 7) is 0. The third-order valence-corrected chi connectivity index (χ3v) is 3.75. The molecule has 0 saturated carbocycles. The van der Waals surface area contributed by atoms with Gasteiger partial charge < -0.3 is 5.73 Å². The number of hydrogen-bond donors (Lipinski definition) is 1. The van der Waals surface area contributed by atoms with E-state index in [1.54, 1.807) is 0 Å². The Balaban J connectivity index is 2.58. The van der Waals surface area contributed by atoms with Gasteiger partial charge in [0.15, 0.2) is 0 Å². The van der Waals surface area contributed by atoms with E-state index >= 15 is 0 Å². The molecule has 0 saturated heterocycles. The normalized spacial score (nSPS) is 26.5. The van der Waals surface area contributed by atoms with Crippen molar-refractivity contribution >= 4 is 36.3 Å². The second kappa shape index (κ2) is 3.56. The highest BCUT2D eigenvalue weighted by Gasteiger charge is 2.23. The van der Waals surface area contributed by atoms with Crippen molar-refractivity contribution in [1.82, 2.24) is 0 Å². The molecule has 13 heavy (non-hydrogen) atoms. The maximum atomic E-state index is 6.04. The fourth-order valence-corrected chi connectivity index (χ4v) is 3.06. The summed E-state index contributed by atoms with van der Waals surface area (Å²) in [5, 5.41) is 0. The van der Waals surface area contributed by atoms with Gasteiger partial charge in [-0.3, -0.25) is 0 Å². The molecule has 1 aliphatic carbocycles. The fourth-order valence-electron chi connectivity index (χ4n) is 1.51. The lowest BCUT2D eigenvalue weighted by molar-refractivity contribution is 0.755. The zero-order valence-electron chi connectivity index (χ0n) is 6.87. The molecule has 2 rings (SSSR count). The second-order valence-electron chi connectivity index (χ2n) is 3.07. The molecule has 1 nitrogen and oxygen atoms in total. The average molecular weight is 303 g/mol. The number of rotatable bonds is 0. The molecular weight excluding hydrogens is 294 g/mol. The number of nitrogens with two attached hydrogens (primary N) is 1. The van der Waals surface area contributed by atoms with Gasteiger partial charge in [0.05, 0.1) is 4.83 Å². The molecule has 2 N–H and O–H groups in total. The molecule has 68 valence electrons. The molecule has 0 radical (unpaired) electrons. The van der Waals surface area contributed by atoms with Gasteiger partial charge in [-0.05, 0) is 11.1 Å². The van der Waals surface area contributed by atoms with Gasteiger partial charge in [0.2, 0.25) is 0 Å². The Morgan fingerprint density at radius 2 is 1.92 bits per heavy atom. The molecule has 1 aromatic carbocycles. The van der Waals surface area contributed by atoms with Gasteiger partial charge in [-0.2, -0.15) is 0 Å². The average Bonchev–Trinajstić information content (AvgIpc) is 2.15. The third-order valence-electron chi connectivity index (χ3n) is 2.23. The Kier molecular flexibility index (Phi) is 2.58. The topological polar surface area (TPSA) is 26.0 Å². The predicted molar refractivity (Wildman–Crippen MR) is 63.0 cm³/mol. The first-order valence-electron chi connectivity index (χ1n) is 4.06. The van der Waals surface area contributed by atoms with E-state index < -0.39 is 0 Å². The van der Waals surface area contributed by atoms with E-state index in [2.05, 4.69) is 50.1 Å². The first kappa shape index (κ1) is 9.44. The standard InChI is InChI=1S/C10H9Br2N/c11-8-5-9(12)10(13)7-4-2-1-3-6(7)8/h1-5,9-10H,13H2. The van der Waals surface area contributed by atoms with E-state index in [0.29, 0.717) is 0 Å². The van der Waals surface area contributed by atoms with E-state index in [9.17, 15) is 0 Å². The van der Waals surface area contributed by atoms with Crippen LogP contribution in [0.15, 0.2) is 30.3 Å². The van der Waals surface area contributed by atoms with Gasteiger partial charge in [0, 0.05) is 10.5 Å². The van der Waals surface area contributed by atoms with Crippen molar-refractivity contribution in [1.29, 1.82) is 0 Å². The number of fused-ring (bicyclic) bond motifs is 1. The Morgan fingerprint density at radius 1 is 1.23 bits per heavy atom. The Bertz CT molecular complexity index is 360. The van der Waals surface area contributed by atoms with Crippen LogP contribution in [0.4, 0.5) is 0 Å². The Morgan fingerprint density at radius 3 is 2.69 bits per heavy atom. The molecule has 2 unspecified atom stereocenters. The van der Waals surface area contributed by atoms with Crippen LogP contribution in [0.1, 0.15) is 17.2 Å². The Hall–Kier alpha value is -0.120. The minimum Gasteiger partial charge on any atom is -0.323 e. The molecule has 0 aromatic heterocycles. The summed E-state index contributed by atoms with van der Waals surface area (Å²) in [7, 11) is 0. The van der Waals surface area contributed by atoms with Crippen LogP contribution in [-0.2, 0) is 0 Å². The summed E-state index contributed by atoms with van der Waals surface area (Å²) >= 11 is 7.06. The number of halogens is 2. The van der Waals surface area contributed by atoms with Crippen molar-refractivity contribution in [2.45, 2.75) is 10.9 Å². The molecule has 1 aliphatic rings. The van der Waals surface area contributed by atoms with Crippen LogP contribution < -0.4 is 5.73 Å². The van der Waals surface area contributed by atoms with Crippen molar-refractivity contribution in [2.24, 2.45) is 5.73 Å². The van der Waals surface area contributed by atoms with Crippen molar-refractivity contribution < 1.29 is 0 Å². The van der Waals surface area contributed by atoms with Crippen LogP contribution in [0, 0.1) is 0 Å². The summed E-state index contributed by atoms with van der Waals surface area (Å²) in [6, 6.07) is 8.24. The van der Waals surface area contributed by atoms with Crippen LogP contribution in [0.2, 0.25) is 0 Å². The maximum absolute atomic E-state index is 6.04. The monoisotopic (exact) mass is 301 g/mol. The molecule has 1 aromatic rings. The number of hydrogen-bond acceptors (Lipinski definition) is 1. The second-order valence-corrected chi connectivity index (χ2v) is 4.98. The van der Waals surface area contributed by atoms with Crippen LogP contribution in [-0.4, -0.2) is 4.83 Å². The van der Waals surface area contributed by atoms with Gasteiger partial charge in [0.25, 0.3) is 0 Å². The van der Waals surface area contributed by atoms with Crippen molar-refractivity contribution in [3.63, 3.8) is 0 Å². The van der Waals surface area contributed by atoms with Crippen LogP contribution in [0.5, 0.6) is 0 Å². The van der Waals surface area contributed by atoms with Gasteiger partial charge in [-0.1, -0.05) is 62.2 Å². The number of benzene rings is 1. The minimum absolute atomic E-state index is 0.0532. The van der Waals surface area contributed by atoms with Crippen LogP contribution >= 0.6 is 31.9 Å². The van der Waals surface area contributed by atoms with E-state index in [4.69, 9.17) is 5.73 Å². The molecule has 0 bridgehead atoms. The van der Waals surface area contributed by atoms with E-state index in [1.807, 2.05) is 12.1 Å². The predicted octanol–water partition coefficient (Wildman–Crippen LogP) is 3.20. The van der Waals surface area contributed by atoms with E-state index in [-0.39, 0.29) is 10.9 Å². The van der Waals surface area contributed by atoms with Crippen LogP contribution in [0.25, 0.3) is 4.48 Å². The van der Waals surface area contributed by atoms with Crippen LogP contribution in [0.3, 0.4) is 0 Å². The van der Waals surface area contributed by atoms with Gasteiger partial charge in [0.1, 0.15) is 0 Å². The molecule has 0 amide bonds. The van der Waals surface area contributed by atoms with Gasteiger partial charge >= 0.3 is 0 Å². The fraction of sp³-hybridized carbons (Fsp3) is 0.200. The lowest BCUT2D eigenvalue weighted by atomic mass is 9.93.